The molecule has 1 fully saturated rings. The molecule has 0 spiro atoms. The van der Waals surface area contributed by atoms with Crippen molar-refractivity contribution < 1.29 is 13.2 Å². The highest BCUT2D eigenvalue weighted by Crippen LogP contribution is 2.18. The first-order valence-electron chi connectivity index (χ1n) is 6.64. The Kier molecular flexibility index (Phi) is 4.15. The van der Waals surface area contributed by atoms with Crippen molar-refractivity contribution in [1.82, 2.24) is 10.6 Å². The van der Waals surface area contributed by atoms with Crippen LogP contribution in [-0.4, -0.2) is 32.7 Å². The van der Waals surface area contributed by atoms with Gasteiger partial charge in [0.15, 0.2) is 9.84 Å². The van der Waals surface area contributed by atoms with Crippen molar-refractivity contribution >= 4 is 15.7 Å². The molecule has 1 saturated heterocycles. The molecular weight excluding hydrogens is 276 g/mol. The van der Waals surface area contributed by atoms with Gasteiger partial charge >= 0.3 is 0 Å². The second-order valence-electron chi connectivity index (χ2n) is 5.46. The second kappa shape index (κ2) is 5.54. The number of hydrogen-bond acceptors (Lipinski definition) is 4. The Morgan fingerprint density at radius 2 is 2.00 bits per heavy atom. The Balaban J connectivity index is 1.96. The minimum absolute atomic E-state index is 0.0119. The lowest BCUT2D eigenvalue weighted by Gasteiger charge is -2.23. The summed E-state index contributed by atoms with van der Waals surface area (Å²) in [5.74, 6) is -0.0119. The molecule has 20 heavy (non-hydrogen) atoms. The number of nitrogens with one attached hydrogen (secondary N) is 2. The van der Waals surface area contributed by atoms with Gasteiger partial charge in [-0.05, 0) is 44.0 Å². The number of sulfone groups is 1. The molecule has 1 atom stereocenters. The van der Waals surface area contributed by atoms with Gasteiger partial charge < -0.3 is 10.6 Å². The molecule has 1 unspecified atom stereocenters. The summed E-state index contributed by atoms with van der Waals surface area (Å²) < 4.78 is 22.7. The van der Waals surface area contributed by atoms with Crippen LogP contribution in [0.2, 0.25) is 0 Å². The lowest BCUT2D eigenvalue weighted by Crippen LogP contribution is -2.50. The summed E-state index contributed by atoms with van der Waals surface area (Å²) in [6.07, 6.45) is 3.02. The van der Waals surface area contributed by atoms with Crippen LogP contribution in [0.15, 0.2) is 29.2 Å². The minimum atomic E-state index is -3.17. The Morgan fingerprint density at radius 3 is 2.50 bits per heavy atom. The van der Waals surface area contributed by atoms with E-state index in [1.165, 1.54) is 6.26 Å². The van der Waals surface area contributed by atoms with E-state index >= 15 is 0 Å². The maximum Gasteiger partial charge on any atom is 0.240 e. The highest BCUT2D eigenvalue weighted by molar-refractivity contribution is 7.90. The Bertz CT molecular complexity index is 587. The Labute approximate surface area is 119 Å². The smallest absolute Gasteiger partial charge is 0.240 e. The Morgan fingerprint density at radius 1 is 1.35 bits per heavy atom. The molecule has 5 nitrogen and oxygen atoms in total. The maximum atomic E-state index is 12.1. The van der Waals surface area contributed by atoms with Crippen LogP contribution < -0.4 is 10.6 Å². The van der Waals surface area contributed by atoms with Crippen molar-refractivity contribution in [1.29, 1.82) is 0 Å². The summed E-state index contributed by atoms with van der Waals surface area (Å²) in [6.45, 7) is 3.18. The van der Waals surface area contributed by atoms with Crippen molar-refractivity contribution in [3.8, 4) is 0 Å². The lowest BCUT2D eigenvalue weighted by atomic mass is 9.99. The highest BCUT2D eigenvalue weighted by Gasteiger charge is 2.35. The molecule has 1 aliphatic heterocycles. The van der Waals surface area contributed by atoms with E-state index in [1.54, 1.807) is 24.3 Å². The number of benzene rings is 1. The predicted octanol–water partition coefficient (Wildman–Crippen LogP) is 0.848. The largest absolute Gasteiger partial charge is 0.350 e. The fourth-order valence-corrected chi connectivity index (χ4v) is 2.95. The van der Waals surface area contributed by atoms with Crippen LogP contribution in [0.3, 0.4) is 0 Å². The SMILES string of the molecule is CC1(C(=O)NCc2ccc(S(C)(=O)=O)cc2)CCCN1. The van der Waals surface area contributed by atoms with E-state index in [4.69, 9.17) is 0 Å². The molecular formula is C14H20N2O3S. The van der Waals surface area contributed by atoms with Crippen LogP contribution in [0.25, 0.3) is 0 Å². The third-order valence-corrected chi connectivity index (χ3v) is 4.80. The van der Waals surface area contributed by atoms with Crippen LogP contribution in [0.1, 0.15) is 25.3 Å². The van der Waals surface area contributed by atoms with Crippen LogP contribution in [0.4, 0.5) is 0 Å². The van der Waals surface area contributed by atoms with Gasteiger partial charge in [0.25, 0.3) is 0 Å². The monoisotopic (exact) mass is 296 g/mol. The maximum absolute atomic E-state index is 12.1. The van der Waals surface area contributed by atoms with E-state index in [0.29, 0.717) is 6.54 Å². The van der Waals surface area contributed by atoms with E-state index in [-0.39, 0.29) is 10.8 Å². The van der Waals surface area contributed by atoms with Crippen LogP contribution in [-0.2, 0) is 21.2 Å². The average molecular weight is 296 g/mol. The summed E-state index contributed by atoms with van der Waals surface area (Å²) in [7, 11) is -3.17. The molecule has 0 radical (unpaired) electrons. The highest BCUT2D eigenvalue weighted by atomic mass is 32.2. The van der Waals surface area contributed by atoms with Gasteiger partial charge in [-0.15, -0.1) is 0 Å². The summed E-state index contributed by atoms with van der Waals surface area (Å²) >= 11 is 0. The molecule has 1 aromatic rings. The molecule has 1 aliphatic rings. The van der Waals surface area contributed by atoms with Crippen LogP contribution in [0, 0.1) is 0 Å². The number of carbonyl (C=O) groups is 1. The number of amides is 1. The van der Waals surface area contributed by atoms with Gasteiger partial charge in [0, 0.05) is 12.8 Å². The lowest BCUT2D eigenvalue weighted by molar-refractivity contribution is -0.126. The van der Waals surface area contributed by atoms with Crippen molar-refractivity contribution in [3.05, 3.63) is 29.8 Å². The molecule has 0 bridgehead atoms. The third-order valence-electron chi connectivity index (χ3n) is 3.67. The zero-order valence-electron chi connectivity index (χ0n) is 11.8. The van der Waals surface area contributed by atoms with Crippen molar-refractivity contribution in [2.75, 3.05) is 12.8 Å². The van der Waals surface area contributed by atoms with Gasteiger partial charge in [0.05, 0.1) is 10.4 Å². The minimum Gasteiger partial charge on any atom is -0.350 e. The van der Waals surface area contributed by atoms with Gasteiger partial charge in [-0.1, -0.05) is 12.1 Å². The van der Waals surface area contributed by atoms with Crippen molar-refractivity contribution in [3.63, 3.8) is 0 Å². The summed E-state index contributed by atoms with van der Waals surface area (Å²) in [5.41, 5.74) is 0.402. The summed E-state index contributed by atoms with van der Waals surface area (Å²) in [5, 5.41) is 6.10. The summed E-state index contributed by atoms with van der Waals surface area (Å²) in [4.78, 5) is 12.4. The third kappa shape index (κ3) is 3.37. The number of carbonyl (C=O) groups excluding carboxylic acids is 1. The van der Waals surface area contributed by atoms with Gasteiger partial charge in [-0.3, -0.25) is 4.79 Å². The molecule has 1 amide bonds. The fourth-order valence-electron chi connectivity index (χ4n) is 2.32. The first-order chi connectivity index (χ1) is 9.31. The quantitative estimate of drug-likeness (QED) is 0.863. The van der Waals surface area contributed by atoms with E-state index in [2.05, 4.69) is 10.6 Å². The van der Waals surface area contributed by atoms with Crippen molar-refractivity contribution in [2.45, 2.75) is 36.7 Å². The molecule has 0 aliphatic carbocycles. The standard InChI is InChI=1S/C14H20N2O3S/c1-14(8-3-9-16-14)13(17)15-10-11-4-6-12(7-5-11)20(2,18)19/h4-7,16H,3,8-10H2,1-2H3,(H,15,17). The predicted molar refractivity (Wildman–Crippen MR) is 77.0 cm³/mol. The van der Waals surface area contributed by atoms with Gasteiger partial charge in [-0.25, -0.2) is 8.42 Å². The molecule has 110 valence electrons. The van der Waals surface area contributed by atoms with E-state index in [9.17, 15) is 13.2 Å². The zero-order chi connectivity index (χ0) is 14.8. The molecule has 6 heteroatoms. The number of hydrogen-bond donors (Lipinski definition) is 2. The molecule has 0 saturated carbocycles. The Hall–Kier alpha value is -1.40. The first kappa shape index (κ1) is 15.0. The van der Waals surface area contributed by atoms with Crippen LogP contribution in [0.5, 0.6) is 0 Å². The fraction of sp³-hybridized carbons (Fsp3) is 0.500. The number of rotatable bonds is 4. The normalized spacial score (nSPS) is 22.7. The van der Waals surface area contributed by atoms with E-state index in [1.807, 2.05) is 6.92 Å². The summed E-state index contributed by atoms with van der Waals surface area (Å²) in [6, 6.07) is 6.57. The van der Waals surface area contributed by atoms with Gasteiger partial charge in [0.1, 0.15) is 0 Å². The average Bonchev–Trinajstić information content (AvgIpc) is 2.84. The topological polar surface area (TPSA) is 75.3 Å². The molecule has 2 rings (SSSR count). The zero-order valence-corrected chi connectivity index (χ0v) is 12.6. The van der Waals surface area contributed by atoms with Crippen molar-refractivity contribution in [2.24, 2.45) is 0 Å². The molecule has 0 aromatic heterocycles. The second-order valence-corrected chi connectivity index (χ2v) is 7.48. The molecule has 1 aromatic carbocycles. The van der Waals surface area contributed by atoms with Crippen LogP contribution >= 0.6 is 0 Å². The van der Waals surface area contributed by atoms with Gasteiger partial charge in [0.2, 0.25) is 5.91 Å². The van der Waals surface area contributed by atoms with Gasteiger partial charge in [-0.2, -0.15) is 0 Å². The van der Waals surface area contributed by atoms with E-state index in [0.717, 1.165) is 24.9 Å². The first-order valence-corrected chi connectivity index (χ1v) is 8.53. The molecule has 2 N–H and O–H groups in total. The van der Waals surface area contributed by atoms with E-state index < -0.39 is 15.4 Å². The molecule has 1 heterocycles.